The molecule has 0 aliphatic carbocycles. The van der Waals surface area contributed by atoms with Crippen LogP contribution in [0.1, 0.15) is 47.9 Å². The summed E-state index contributed by atoms with van der Waals surface area (Å²) >= 11 is 2.72. The highest BCUT2D eigenvalue weighted by Crippen LogP contribution is 2.45. The number of nitrogens with zero attached hydrogens (tertiary/aromatic N) is 1. The predicted octanol–water partition coefficient (Wildman–Crippen LogP) is 4.87. The number of ether oxygens (including phenoxy) is 3. The monoisotopic (exact) mass is 556 g/mol. The fraction of sp³-hybridized carbons (Fsp3) is 0.448. The van der Waals surface area contributed by atoms with E-state index in [0.29, 0.717) is 34.2 Å². The van der Waals surface area contributed by atoms with E-state index in [1.807, 2.05) is 41.1 Å². The first kappa shape index (κ1) is 26.9. The zero-order valence-corrected chi connectivity index (χ0v) is 23.3. The van der Waals surface area contributed by atoms with Gasteiger partial charge < -0.3 is 23.8 Å². The van der Waals surface area contributed by atoms with Gasteiger partial charge >= 0.3 is 11.9 Å². The molecule has 2 saturated heterocycles. The summed E-state index contributed by atoms with van der Waals surface area (Å²) < 4.78 is 17.6. The van der Waals surface area contributed by atoms with Gasteiger partial charge in [0.25, 0.3) is 0 Å². The zero-order chi connectivity index (χ0) is 26.8. The molecule has 2 unspecified atom stereocenters. The van der Waals surface area contributed by atoms with Crippen LogP contribution in [-0.4, -0.2) is 60.0 Å². The molecule has 0 spiro atoms. The van der Waals surface area contributed by atoms with E-state index >= 15 is 0 Å². The van der Waals surface area contributed by atoms with Crippen molar-refractivity contribution < 1.29 is 33.4 Å². The molecule has 2 aromatic heterocycles. The number of quaternary nitrogens is 1. The van der Waals surface area contributed by atoms with Crippen molar-refractivity contribution in [1.82, 2.24) is 0 Å². The second-order valence-corrected chi connectivity index (χ2v) is 12.2. The molecule has 4 atom stereocenters. The van der Waals surface area contributed by atoms with Crippen molar-refractivity contribution in [2.24, 2.45) is 0 Å². The maximum Gasteiger partial charge on any atom is 0.349 e. The fourth-order valence-corrected chi connectivity index (χ4v) is 7.76. The third kappa shape index (κ3) is 5.25. The number of piperidine rings is 1. The molecule has 38 heavy (non-hydrogen) atoms. The van der Waals surface area contributed by atoms with Crippen molar-refractivity contribution in [2.75, 3.05) is 20.3 Å². The molecule has 7 nitrogen and oxygen atoms in total. The second kappa shape index (κ2) is 11.2. The largest absolute Gasteiger partial charge is 0.482 e. The summed E-state index contributed by atoms with van der Waals surface area (Å²) in [4.78, 5) is 26.3. The van der Waals surface area contributed by atoms with Crippen LogP contribution >= 0.6 is 22.7 Å². The van der Waals surface area contributed by atoms with Crippen LogP contribution in [0.15, 0.2) is 59.3 Å². The lowest BCUT2D eigenvalue weighted by atomic mass is 9.94. The van der Waals surface area contributed by atoms with Gasteiger partial charge in [-0.25, -0.2) is 9.59 Å². The number of hydrogen-bond acceptors (Lipinski definition) is 8. The van der Waals surface area contributed by atoms with Crippen LogP contribution in [0.25, 0.3) is 0 Å². The topological polar surface area (TPSA) is 82.1 Å². The average Bonchev–Trinajstić information content (AvgIpc) is 3.65. The molecule has 1 aromatic carbocycles. The van der Waals surface area contributed by atoms with Gasteiger partial charge in [-0.2, -0.15) is 0 Å². The van der Waals surface area contributed by atoms with Crippen molar-refractivity contribution in [3.05, 3.63) is 74.6 Å². The molecule has 0 saturated carbocycles. The molecular weight excluding hydrogens is 522 g/mol. The average molecular weight is 557 g/mol. The summed E-state index contributed by atoms with van der Waals surface area (Å²) in [6.07, 6.45) is 3.46. The van der Waals surface area contributed by atoms with Crippen LogP contribution < -0.4 is 4.74 Å². The van der Waals surface area contributed by atoms with E-state index < -0.39 is 11.6 Å². The summed E-state index contributed by atoms with van der Waals surface area (Å²) in [6, 6.07) is 15.9. The van der Waals surface area contributed by atoms with E-state index in [0.717, 1.165) is 42.3 Å². The minimum atomic E-state index is -1.78. The number of carbonyl (C=O) groups excluding carboxylic acids is 2. The Morgan fingerprint density at radius 3 is 2.26 bits per heavy atom. The van der Waals surface area contributed by atoms with E-state index in [9.17, 15) is 14.7 Å². The molecule has 3 aromatic rings. The number of rotatable bonds is 10. The van der Waals surface area contributed by atoms with Gasteiger partial charge in [0.15, 0.2) is 6.61 Å². The Kier molecular flexibility index (Phi) is 7.90. The summed E-state index contributed by atoms with van der Waals surface area (Å²) in [7, 11) is 2.29. The van der Waals surface area contributed by atoms with Crippen molar-refractivity contribution in [2.45, 2.75) is 62.9 Å². The van der Waals surface area contributed by atoms with Crippen molar-refractivity contribution in [3.63, 3.8) is 0 Å². The van der Waals surface area contributed by atoms with Gasteiger partial charge in [0.2, 0.25) is 5.60 Å². The van der Waals surface area contributed by atoms with Crippen LogP contribution in [0.4, 0.5) is 0 Å². The molecule has 0 amide bonds. The molecule has 5 rings (SSSR count). The van der Waals surface area contributed by atoms with Gasteiger partial charge in [0.1, 0.15) is 18.4 Å². The highest BCUT2D eigenvalue weighted by atomic mass is 32.1. The SMILES string of the molecule is CCOC(=O)COc1cccc(C[N+]2(C)[C@@H]3CC[C@H]2CC(OC(=O)C(O)(c2cccs2)c2cccs2)C3)c1. The van der Waals surface area contributed by atoms with Gasteiger partial charge in [-0.15, -0.1) is 22.7 Å². The van der Waals surface area contributed by atoms with Crippen molar-refractivity contribution in [3.8, 4) is 5.75 Å². The first-order valence-corrected chi connectivity index (χ1v) is 14.8. The Hall–Kier alpha value is -2.72. The molecule has 2 fully saturated rings. The summed E-state index contributed by atoms with van der Waals surface area (Å²) in [5, 5.41) is 15.3. The third-order valence-corrected chi connectivity index (χ3v) is 9.94. The molecule has 0 radical (unpaired) electrons. The van der Waals surface area contributed by atoms with Gasteiger partial charge in [0.05, 0.1) is 35.5 Å². The Bertz CT molecular complexity index is 1190. The van der Waals surface area contributed by atoms with Crippen molar-refractivity contribution >= 4 is 34.6 Å². The van der Waals surface area contributed by atoms with Crippen LogP contribution in [-0.2, 0) is 31.2 Å². The molecule has 202 valence electrons. The Morgan fingerprint density at radius 1 is 1.03 bits per heavy atom. The minimum absolute atomic E-state index is 0.106. The van der Waals surface area contributed by atoms with Crippen LogP contribution in [0.2, 0.25) is 0 Å². The van der Waals surface area contributed by atoms with Crippen LogP contribution in [0.5, 0.6) is 5.75 Å². The number of thiophene rings is 2. The lowest BCUT2D eigenvalue weighted by molar-refractivity contribution is -0.961. The highest BCUT2D eigenvalue weighted by molar-refractivity contribution is 7.12. The number of aliphatic hydroxyl groups is 1. The summed E-state index contributed by atoms with van der Waals surface area (Å²) in [5.74, 6) is -0.314. The Morgan fingerprint density at radius 2 is 1.68 bits per heavy atom. The van der Waals surface area contributed by atoms with Gasteiger partial charge in [-0.05, 0) is 41.9 Å². The summed E-state index contributed by atoms with van der Waals surface area (Å²) in [5.41, 5.74) is -0.632. The molecular formula is C29H34NO6S2+. The first-order valence-electron chi connectivity index (χ1n) is 13.1. The standard InChI is InChI=1S/C29H34NO6S2/c1-3-34-27(31)19-35-23-8-4-7-20(15-23)18-30(2)21-11-12-22(30)17-24(16-21)36-28(32)29(33,25-9-5-13-37-25)26-10-6-14-38-26/h4-10,13-15,21-22,24,33H,3,11-12,16-19H2,1-2H3/q+1/t21-,22+,24?,30?. The quantitative estimate of drug-likeness (QED) is 0.283. The summed E-state index contributed by atoms with van der Waals surface area (Å²) in [6.45, 7) is 2.83. The Balaban J connectivity index is 1.26. The minimum Gasteiger partial charge on any atom is -0.482 e. The molecule has 1 N–H and O–H groups in total. The van der Waals surface area contributed by atoms with E-state index in [-0.39, 0.29) is 18.7 Å². The smallest absolute Gasteiger partial charge is 0.349 e. The van der Waals surface area contributed by atoms with Gasteiger partial charge in [-0.1, -0.05) is 24.3 Å². The van der Waals surface area contributed by atoms with Crippen LogP contribution in [0, 0.1) is 0 Å². The number of benzene rings is 1. The number of esters is 2. The number of hydrogen-bond donors (Lipinski definition) is 1. The van der Waals surface area contributed by atoms with E-state index in [2.05, 4.69) is 13.1 Å². The van der Waals surface area contributed by atoms with E-state index in [1.165, 1.54) is 22.7 Å². The van der Waals surface area contributed by atoms with Gasteiger partial charge in [-0.3, -0.25) is 0 Å². The number of fused-ring (bicyclic) bond motifs is 2. The molecule has 2 aliphatic heterocycles. The van der Waals surface area contributed by atoms with Crippen LogP contribution in [0.3, 0.4) is 0 Å². The normalized spacial score (nSPS) is 24.7. The first-order chi connectivity index (χ1) is 18.3. The zero-order valence-electron chi connectivity index (χ0n) is 21.7. The van der Waals surface area contributed by atoms with E-state index in [4.69, 9.17) is 14.2 Å². The maximum absolute atomic E-state index is 13.5. The Labute approximate surface area is 231 Å². The lowest BCUT2D eigenvalue weighted by Crippen LogP contribution is -2.58. The van der Waals surface area contributed by atoms with Crippen molar-refractivity contribution in [1.29, 1.82) is 0 Å². The molecule has 2 bridgehead atoms. The predicted molar refractivity (Wildman–Crippen MR) is 146 cm³/mol. The molecule has 2 aliphatic rings. The van der Waals surface area contributed by atoms with E-state index in [1.54, 1.807) is 19.1 Å². The number of carbonyl (C=O) groups is 2. The highest BCUT2D eigenvalue weighted by Gasteiger charge is 2.54. The van der Waals surface area contributed by atoms with Gasteiger partial charge in [0, 0.05) is 31.2 Å². The molecule has 9 heteroatoms. The fourth-order valence-electron chi connectivity index (χ4n) is 6.05. The maximum atomic E-state index is 13.5. The lowest BCUT2D eigenvalue weighted by Gasteiger charge is -2.47. The molecule has 4 heterocycles. The second-order valence-electron chi connectivity index (χ2n) is 10.3. The third-order valence-electron chi connectivity index (χ3n) is 7.98.